The van der Waals surface area contributed by atoms with Crippen LogP contribution in [0.5, 0.6) is 0 Å². The molecule has 5 nitrogen and oxygen atoms in total. The van der Waals surface area contributed by atoms with Gasteiger partial charge in [0.1, 0.15) is 17.5 Å². The number of H-pyrrole nitrogens is 1. The number of aromatic nitrogens is 4. The van der Waals surface area contributed by atoms with Gasteiger partial charge in [-0.15, -0.1) is 5.10 Å². The molecule has 1 N–H and O–H groups in total. The summed E-state index contributed by atoms with van der Waals surface area (Å²) >= 11 is 0. The molecule has 0 aliphatic heterocycles. The second-order valence-electron chi connectivity index (χ2n) is 6.93. The van der Waals surface area contributed by atoms with E-state index in [9.17, 15) is 18.4 Å². The van der Waals surface area contributed by atoms with Crippen LogP contribution in [0.4, 0.5) is 13.2 Å². The molecule has 2 heterocycles. The number of nitriles is 1. The van der Waals surface area contributed by atoms with E-state index in [4.69, 9.17) is 0 Å². The molecule has 0 atom stereocenters. The highest BCUT2D eigenvalue weighted by atomic mass is 19.4. The van der Waals surface area contributed by atoms with Crippen molar-refractivity contribution in [3.8, 4) is 28.5 Å². The number of aromatic amines is 1. The summed E-state index contributed by atoms with van der Waals surface area (Å²) in [6.45, 7) is 4.24. The van der Waals surface area contributed by atoms with Crippen LogP contribution in [0.2, 0.25) is 0 Å². The van der Waals surface area contributed by atoms with Crippen LogP contribution in [-0.4, -0.2) is 20.4 Å². The molecule has 0 fully saturated rings. The minimum atomic E-state index is -4.48. The van der Waals surface area contributed by atoms with Gasteiger partial charge >= 0.3 is 6.18 Å². The third-order valence-electron chi connectivity index (χ3n) is 4.32. The fourth-order valence-electron chi connectivity index (χ4n) is 2.84. The predicted octanol–water partition coefficient (Wildman–Crippen LogP) is 5.01. The van der Waals surface area contributed by atoms with Crippen molar-refractivity contribution in [1.82, 2.24) is 20.4 Å². The van der Waals surface area contributed by atoms with Crippen molar-refractivity contribution in [1.29, 1.82) is 5.26 Å². The minimum absolute atomic E-state index is 0.234. The van der Waals surface area contributed by atoms with Gasteiger partial charge in [0, 0.05) is 17.3 Å². The van der Waals surface area contributed by atoms with Gasteiger partial charge in [0.05, 0.1) is 0 Å². The summed E-state index contributed by atoms with van der Waals surface area (Å²) < 4.78 is 38.4. The molecule has 0 aliphatic rings. The van der Waals surface area contributed by atoms with E-state index in [1.807, 2.05) is 18.2 Å². The fourth-order valence-corrected chi connectivity index (χ4v) is 2.84. The second-order valence-corrected chi connectivity index (χ2v) is 6.93. The molecule has 0 saturated heterocycles. The first-order chi connectivity index (χ1) is 13.3. The Hall–Kier alpha value is -3.21. The number of nitrogens with one attached hydrogen (secondary N) is 1. The van der Waals surface area contributed by atoms with Crippen LogP contribution in [0.25, 0.3) is 22.4 Å². The molecular weight excluding hydrogens is 367 g/mol. The second kappa shape index (κ2) is 7.80. The number of rotatable bonds is 5. The quantitative estimate of drug-likeness (QED) is 0.669. The van der Waals surface area contributed by atoms with Crippen LogP contribution < -0.4 is 0 Å². The largest absolute Gasteiger partial charge is 0.433 e. The van der Waals surface area contributed by atoms with Gasteiger partial charge < -0.3 is 0 Å². The van der Waals surface area contributed by atoms with Gasteiger partial charge in [0.25, 0.3) is 0 Å². The number of pyridine rings is 1. The molecule has 144 valence electrons. The van der Waals surface area contributed by atoms with E-state index < -0.39 is 11.9 Å². The van der Waals surface area contributed by atoms with Crippen molar-refractivity contribution in [2.75, 3.05) is 0 Å². The zero-order valence-corrected chi connectivity index (χ0v) is 15.4. The smallest absolute Gasteiger partial charge is 0.251 e. The molecular formula is C20H18F3N5. The number of aryl methyl sites for hydroxylation is 1. The lowest BCUT2D eigenvalue weighted by Crippen LogP contribution is -2.07. The summed E-state index contributed by atoms with van der Waals surface area (Å²) in [5.41, 5.74) is 2.67. The normalized spacial score (nSPS) is 11.6. The van der Waals surface area contributed by atoms with Crippen LogP contribution in [0.3, 0.4) is 0 Å². The first-order valence-electron chi connectivity index (χ1n) is 8.77. The molecule has 3 rings (SSSR count). The first kappa shape index (κ1) is 19.5. The third-order valence-corrected chi connectivity index (χ3v) is 4.32. The van der Waals surface area contributed by atoms with E-state index in [1.54, 1.807) is 6.07 Å². The Bertz CT molecular complexity index is 998. The van der Waals surface area contributed by atoms with Gasteiger partial charge in [0.15, 0.2) is 5.69 Å². The average Bonchev–Trinajstić information content (AvgIpc) is 3.14. The van der Waals surface area contributed by atoms with Crippen molar-refractivity contribution in [2.24, 2.45) is 5.92 Å². The standard InChI is InChI=1S/C20H18F3N5/c1-12(2)3-4-13-7-15(14-5-6-18(25-11-14)20(21,22)23)9-16(8-13)19-17(10-24)26-28-27-19/h5-9,11-12H,3-4H2,1-2H3,(H,26,27,28). The molecule has 28 heavy (non-hydrogen) atoms. The van der Waals surface area contributed by atoms with Crippen LogP contribution >= 0.6 is 0 Å². The number of nitrogens with zero attached hydrogens (tertiary/aromatic N) is 4. The summed E-state index contributed by atoms with van der Waals surface area (Å²) in [6.07, 6.45) is -1.52. The molecule has 2 aromatic heterocycles. The molecule has 3 aromatic rings. The zero-order chi connectivity index (χ0) is 20.3. The van der Waals surface area contributed by atoms with E-state index in [-0.39, 0.29) is 5.69 Å². The van der Waals surface area contributed by atoms with Gasteiger partial charge in [-0.3, -0.25) is 4.98 Å². The van der Waals surface area contributed by atoms with E-state index in [2.05, 4.69) is 34.2 Å². The maximum atomic E-state index is 12.8. The van der Waals surface area contributed by atoms with Crippen molar-refractivity contribution in [3.63, 3.8) is 0 Å². The summed E-state index contributed by atoms with van der Waals surface area (Å²) in [5, 5.41) is 19.4. The number of alkyl halides is 3. The highest BCUT2D eigenvalue weighted by Gasteiger charge is 2.32. The van der Waals surface area contributed by atoms with Gasteiger partial charge in [-0.25, -0.2) is 5.10 Å². The van der Waals surface area contributed by atoms with E-state index in [0.717, 1.165) is 24.5 Å². The van der Waals surface area contributed by atoms with E-state index in [0.29, 0.717) is 28.3 Å². The number of hydrogen-bond acceptors (Lipinski definition) is 4. The van der Waals surface area contributed by atoms with Crippen LogP contribution in [0, 0.1) is 17.2 Å². The van der Waals surface area contributed by atoms with Crippen LogP contribution in [0.15, 0.2) is 36.5 Å². The Morgan fingerprint density at radius 2 is 1.86 bits per heavy atom. The van der Waals surface area contributed by atoms with Crippen molar-refractivity contribution in [2.45, 2.75) is 32.9 Å². The molecule has 0 aliphatic carbocycles. The molecule has 0 spiro atoms. The van der Waals surface area contributed by atoms with E-state index in [1.165, 1.54) is 12.3 Å². The summed E-state index contributed by atoms with van der Waals surface area (Å²) in [5.74, 6) is 0.501. The average molecular weight is 385 g/mol. The maximum Gasteiger partial charge on any atom is 0.433 e. The number of hydrogen-bond donors (Lipinski definition) is 1. The Morgan fingerprint density at radius 1 is 1.11 bits per heavy atom. The highest BCUT2D eigenvalue weighted by Crippen LogP contribution is 2.32. The van der Waals surface area contributed by atoms with Gasteiger partial charge in [-0.2, -0.15) is 18.4 Å². The molecule has 8 heteroatoms. The molecule has 0 saturated carbocycles. The lowest BCUT2D eigenvalue weighted by Gasteiger charge is -2.11. The molecule has 0 bridgehead atoms. The zero-order valence-electron chi connectivity index (χ0n) is 15.4. The topological polar surface area (TPSA) is 78.2 Å². The maximum absolute atomic E-state index is 12.8. The molecule has 0 unspecified atom stereocenters. The van der Waals surface area contributed by atoms with Gasteiger partial charge in [-0.1, -0.05) is 31.2 Å². The molecule has 0 radical (unpaired) electrons. The SMILES string of the molecule is CC(C)CCc1cc(-c2ccc(C(F)(F)F)nc2)cc(-c2nn[nH]c2C#N)c1. The van der Waals surface area contributed by atoms with E-state index >= 15 is 0 Å². The molecule has 1 aromatic carbocycles. The summed E-state index contributed by atoms with van der Waals surface area (Å²) in [6, 6.07) is 10.0. The summed E-state index contributed by atoms with van der Waals surface area (Å²) in [7, 11) is 0. The first-order valence-corrected chi connectivity index (χ1v) is 8.77. The molecule has 0 amide bonds. The third kappa shape index (κ3) is 4.36. The Morgan fingerprint density at radius 3 is 2.46 bits per heavy atom. The Labute approximate surface area is 160 Å². The predicted molar refractivity (Wildman–Crippen MR) is 97.9 cm³/mol. The Balaban J connectivity index is 2.06. The monoisotopic (exact) mass is 385 g/mol. The minimum Gasteiger partial charge on any atom is -0.251 e. The fraction of sp³-hybridized carbons (Fsp3) is 0.300. The summed E-state index contributed by atoms with van der Waals surface area (Å²) in [4.78, 5) is 3.54. The van der Waals surface area contributed by atoms with Crippen molar-refractivity contribution < 1.29 is 13.2 Å². The Kier molecular flexibility index (Phi) is 5.45. The number of halogens is 3. The lowest BCUT2D eigenvalue weighted by molar-refractivity contribution is -0.141. The lowest BCUT2D eigenvalue weighted by atomic mass is 9.95. The van der Waals surface area contributed by atoms with Crippen LogP contribution in [-0.2, 0) is 12.6 Å². The van der Waals surface area contributed by atoms with Crippen LogP contribution in [0.1, 0.15) is 37.2 Å². The number of benzene rings is 1. The van der Waals surface area contributed by atoms with Crippen molar-refractivity contribution in [3.05, 3.63) is 53.5 Å². The van der Waals surface area contributed by atoms with Gasteiger partial charge in [0.2, 0.25) is 0 Å². The van der Waals surface area contributed by atoms with Gasteiger partial charge in [-0.05, 0) is 48.1 Å². The highest BCUT2D eigenvalue weighted by molar-refractivity contribution is 5.74. The van der Waals surface area contributed by atoms with Crippen molar-refractivity contribution >= 4 is 0 Å².